The van der Waals surface area contributed by atoms with E-state index >= 15 is 0 Å². The average molecular weight is 287 g/mol. The van der Waals surface area contributed by atoms with Crippen molar-refractivity contribution in [1.82, 2.24) is 9.19 Å². The van der Waals surface area contributed by atoms with E-state index in [1.165, 1.54) is 16.2 Å². The number of ether oxygens (including phenoxy) is 2. The molecule has 0 amide bonds. The van der Waals surface area contributed by atoms with Crippen molar-refractivity contribution < 1.29 is 18.3 Å². The first-order valence-corrected chi connectivity index (χ1v) is 5.66. The van der Waals surface area contributed by atoms with Crippen LogP contribution in [0.25, 0.3) is 0 Å². The molecule has 0 fully saturated rings. The number of benzene rings is 1. The highest BCUT2D eigenvalue weighted by molar-refractivity contribution is 7.78. The van der Waals surface area contributed by atoms with E-state index < -0.39 is 6.61 Å². The second-order valence-electron chi connectivity index (χ2n) is 3.57. The van der Waals surface area contributed by atoms with Gasteiger partial charge in [0.1, 0.15) is 12.4 Å². The van der Waals surface area contributed by atoms with Gasteiger partial charge in [0, 0.05) is 18.0 Å². The summed E-state index contributed by atoms with van der Waals surface area (Å²) >= 11 is 3.95. The number of hydrogen-bond donors (Lipinski definition) is 2. The first kappa shape index (κ1) is 13.5. The quantitative estimate of drug-likeness (QED) is 0.654. The number of anilines is 1. The van der Waals surface area contributed by atoms with Crippen LogP contribution in [0.3, 0.4) is 0 Å². The summed E-state index contributed by atoms with van der Waals surface area (Å²) in [5.74, 6) is 0.293. The lowest BCUT2D eigenvalue weighted by Gasteiger charge is -2.12. The first-order chi connectivity index (χ1) is 9.06. The monoisotopic (exact) mass is 287 g/mol. The van der Waals surface area contributed by atoms with Crippen LogP contribution in [0.2, 0.25) is 0 Å². The SMILES string of the molecule is Nc1cccc(OC(F)F)c1COc1ccn(S)n1. The van der Waals surface area contributed by atoms with Crippen molar-refractivity contribution in [2.75, 3.05) is 5.73 Å². The van der Waals surface area contributed by atoms with Gasteiger partial charge in [-0.15, -0.1) is 5.10 Å². The molecule has 0 spiro atoms. The zero-order valence-electron chi connectivity index (χ0n) is 9.66. The van der Waals surface area contributed by atoms with Gasteiger partial charge in [0.05, 0.1) is 5.56 Å². The highest BCUT2D eigenvalue weighted by Gasteiger charge is 2.13. The summed E-state index contributed by atoms with van der Waals surface area (Å²) in [7, 11) is 0. The van der Waals surface area contributed by atoms with Crippen LogP contribution < -0.4 is 15.2 Å². The largest absolute Gasteiger partial charge is 0.471 e. The van der Waals surface area contributed by atoms with Crippen molar-refractivity contribution in [2.45, 2.75) is 13.2 Å². The van der Waals surface area contributed by atoms with Gasteiger partial charge in [0.15, 0.2) is 0 Å². The van der Waals surface area contributed by atoms with Crippen molar-refractivity contribution in [3.8, 4) is 11.6 Å². The molecule has 1 heterocycles. The Balaban J connectivity index is 2.14. The molecule has 1 aromatic carbocycles. The number of nitrogen functional groups attached to an aromatic ring is 1. The van der Waals surface area contributed by atoms with E-state index in [-0.39, 0.29) is 12.4 Å². The maximum absolute atomic E-state index is 12.3. The van der Waals surface area contributed by atoms with Gasteiger partial charge in [0.25, 0.3) is 0 Å². The van der Waals surface area contributed by atoms with E-state index in [0.29, 0.717) is 17.1 Å². The molecular weight excluding hydrogens is 276 g/mol. The van der Waals surface area contributed by atoms with Gasteiger partial charge >= 0.3 is 6.61 Å². The zero-order chi connectivity index (χ0) is 13.8. The Kier molecular flexibility index (Phi) is 4.10. The molecule has 8 heteroatoms. The highest BCUT2D eigenvalue weighted by Crippen LogP contribution is 2.27. The van der Waals surface area contributed by atoms with Crippen LogP contribution in [-0.4, -0.2) is 15.8 Å². The molecule has 0 aliphatic rings. The van der Waals surface area contributed by atoms with Gasteiger partial charge in [-0.2, -0.15) is 8.78 Å². The average Bonchev–Trinajstić information content (AvgIpc) is 2.73. The molecule has 2 aromatic rings. The maximum atomic E-state index is 12.3. The highest BCUT2D eigenvalue weighted by atomic mass is 32.1. The minimum absolute atomic E-state index is 0.0136. The van der Waals surface area contributed by atoms with Crippen LogP contribution in [-0.2, 0) is 6.61 Å². The van der Waals surface area contributed by atoms with E-state index in [9.17, 15) is 8.78 Å². The summed E-state index contributed by atoms with van der Waals surface area (Å²) in [5.41, 5.74) is 6.37. The van der Waals surface area contributed by atoms with Crippen LogP contribution in [0, 0.1) is 0 Å². The normalized spacial score (nSPS) is 10.7. The van der Waals surface area contributed by atoms with E-state index in [1.807, 2.05) is 0 Å². The van der Waals surface area contributed by atoms with Crippen LogP contribution in [0.1, 0.15) is 5.56 Å². The van der Waals surface area contributed by atoms with E-state index in [0.717, 1.165) is 0 Å². The summed E-state index contributed by atoms with van der Waals surface area (Å²) in [6, 6.07) is 6.09. The Hall–Kier alpha value is -1.96. The first-order valence-electron chi connectivity index (χ1n) is 5.26. The van der Waals surface area contributed by atoms with Gasteiger partial charge in [-0.25, -0.2) is 4.09 Å². The van der Waals surface area contributed by atoms with Crippen LogP contribution in [0.15, 0.2) is 30.5 Å². The number of alkyl halides is 2. The predicted octanol–water partition coefficient (Wildman–Crippen LogP) is 2.34. The standard InChI is InChI=1S/C11H11F2N3O2S/c12-11(13)18-9-3-1-2-8(14)7(9)6-17-10-4-5-16(19)15-10/h1-5,11,19H,6,14H2. The lowest BCUT2D eigenvalue weighted by atomic mass is 10.1. The number of rotatable bonds is 5. The molecular formula is C11H11F2N3O2S. The Labute approximate surface area is 113 Å². The fourth-order valence-electron chi connectivity index (χ4n) is 1.46. The third-order valence-electron chi connectivity index (χ3n) is 2.30. The number of nitrogens with two attached hydrogens (primary N) is 1. The molecule has 19 heavy (non-hydrogen) atoms. The minimum atomic E-state index is -2.92. The van der Waals surface area contributed by atoms with Gasteiger partial charge in [-0.1, -0.05) is 6.07 Å². The lowest BCUT2D eigenvalue weighted by molar-refractivity contribution is -0.0508. The summed E-state index contributed by atoms with van der Waals surface area (Å²) < 4.78 is 35.5. The molecule has 0 aliphatic carbocycles. The molecule has 0 saturated heterocycles. The Morgan fingerprint density at radius 2 is 2.16 bits per heavy atom. The zero-order valence-corrected chi connectivity index (χ0v) is 10.6. The Bertz CT molecular complexity index is 563. The molecule has 1 aromatic heterocycles. The smallest absolute Gasteiger partial charge is 0.387 e. The number of hydrogen-bond acceptors (Lipinski definition) is 5. The number of aromatic nitrogens is 2. The molecule has 0 saturated carbocycles. The van der Waals surface area contributed by atoms with Crippen LogP contribution in [0.5, 0.6) is 11.6 Å². The second kappa shape index (κ2) is 5.79. The lowest BCUT2D eigenvalue weighted by Crippen LogP contribution is -2.08. The summed E-state index contributed by atoms with van der Waals surface area (Å²) in [6.07, 6.45) is 1.57. The van der Waals surface area contributed by atoms with Crippen molar-refractivity contribution in [2.24, 2.45) is 0 Å². The van der Waals surface area contributed by atoms with Crippen molar-refractivity contribution >= 4 is 18.5 Å². The summed E-state index contributed by atoms with van der Waals surface area (Å²) in [5, 5.41) is 3.87. The molecule has 102 valence electrons. The topological polar surface area (TPSA) is 62.3 Å². The molecule has 0 bridgehead atoms. The van der Waals surface area contributed by atoms with Crippen molar-refractivity contribution in [3.63, 3.8) is 0 Å². The van der Waals surface area contributed by atoms with Crippen LogP contribution in [0.4, 0.5) is 14.5 Å². The summed E-state index contributed by atoms with van der Waals surface area (Å²) in [6.45, 7) is -2.95. The third-order valence-corrected chi connectivity index (χ3v) is 2.52. The van der Waals surface area contributed by atoms with Gasteiger partial charge in [-0.05, 0) is 24.9 Å². The van der Waals surface area contributed by atoms with E-state index in [4.69, 9.17) is 10.5 Å². The molecule has 0 atom stereocenters. The molecule has 2 rings (SSSR count). The fraction of sp³-hybridized carbons (Fsp3) is 0.182. The maximum Gasteiger partial charge on any atom is 0.387 e. The number of nitrogens with zero attached hydrogens (tertiary/aromatic N) is 2. The molecule has 2 N–H and O–H groups in total. The van der Waals surface area contributed by atoms with Crippen LogP contribution >= 0.6 is 12.8 Å². The minimum Gasteiger partial charge on any atom is -0.471 e. The van der Waals surface area contributed by atoms with Gasteiger partial charge in [-0.3, -0.25) is 0 Å². The predicted molar refractivity (Wildman–Crippen MR) is 68.4 cm³/mol. The van der Waals surface area contributed by atoms with Gasteiger partial charge < -0.3 is 15.2 Å². The van der Waals surface area contributed by atoms with Crippen molar-refractivity contribution in [1.29, 1.82) is 0 Å². The van der Waals surface area contributed by atoms with E-state index in [1.54, 1.807) is 18.3 Å². The fourth-order valence-corrected chi connectivity index (χ4v) is 1.62. The Morgan fingerprint density at radius 1 is 1.37 bits per heavy atom. The number of halogens is 2. The third kappa shape index (κ3) is 3.50. The molecule has 0 aliphatic heterocycles. The van der Waals surface area contributed by atoms with Crippen molar-refractivity contribution in [3.05, 3.63) is 36.0 Å². The number of thiol groups is 1. The van der Waals surface area contributed by atoms with E-state index in [2.05, 4.69) is 22.7 Å². The Morgan fingerprint density at radius 3 is 2.79 bits per heavy atom. The molecule has 5 nitrogen and oxygen atoms in total. The van der Waals surface area contributed by atoms with Gasteiger partial charge in [0.2, 0.25) is 5.88 Å². The molecule has 0 unspecified atom stereocenters. The molecule has 0 radical (unpaired) electrons. The second-order valence-corrected chi connectivity index (χ2v) is 3.98. The summed E-state index contributed by atoms with van der Waals surface area (Å²) in [4.78, 5) is 0.